The Kier molecular flexibility index (Phi) is 13.8. The predicted octanol–water partition coefficient (Wildman–Crippen LogP) is 3.10. The lowest BCUT2D eigenvalue weighted by Crippen LogP contribution is -2.55. The SMILES string of the molecule is CCCCCCCCCCCCCCC(=O)O[C@@H]1CO[C@H](CO)[C@@H](O)[C@@H]1O. The Labute approximate surface area is 164 Å². The third-order valence-electron chi connectivity index (χ3n) is 5.28. The van der Waals surface area contributed by atoms with Gasteiger partial charge in [0.05, 0.1) is 13.2 Å². The molecule has 1 saturated heterocycles. The van der Waals surface area contributed by atoms with E-state index in [-0.39, 0.29) is 19.2 Å². The summed E-state index contributed by atoms with van der Waals surface area (Å²) in [5.74, 6) is -0.371. The van der Waals surface area contributed by atoms with Gasteiger partial charge in [-0.3, -0.25) is 4.79 Å². The number of carbonyl (C=O) groups is 1. The Bertz CT molecular complexity index is 376. The fraction of sp³-hybridized carbons (Fsp3) is 0.952. The summed E-state index contributed by atoms with van der Waals surface area (Å²) in [5, 5.41) is 28.7. The van der Waals surface area contributed by atoms with Crippen LogP contribution in [0.25, 0.3) is 0 Å². The van der Waals surface area contributed by atoms with Crippen LogP contribution in [-0.4, -0.2) is 58.9 Å². The lowest BCUT2D eigenvalue weighted by molar-refractivity contribution is -0.210. The maximum Gasteiger partial charge on any atom is 0.306 e. The van der Waals surface area contributed by atoms with Crippen LogP contribution in [0.1, 0.15) is 90.4 Å². The van der Waals surface area contributed by atoms with Crippen molar-refractivity contribution in [1.29, 1.82) is 0 Å². The van der Waals surface area contributed by atoms with Crippen LogP contribution in [0.5, 0.6) is 0 Å². The Hall–Kier alpha value is -0.690. The third-order valence-corrected chi connectivity index (χ3v) is 5.28. The first-order valence-corrected chi connectivity index (χ1v) is 10.9. The summed E-state index contributed by atoms with van der Waals surface area (Å²) >= 11 is 0. The number of rotatable bonds is 15. The van der Waals surface area contributed by atoms with Crippen molar-refractivity contribution in [2.75, 3.05) is 13.2 Å². The van der Waals surface area contributed by atoms with Gasteiger partial charge in [0.2, 0.25) is 0 Å². The molecule has 0 aliphatic carbocycles. The summed E-state index contributed by atoms with van der Waals surface area (Å²) < 4.78 is 10.4. The van der Waals surface area contributed by atoms with E-state index in [0.29, 0.717) is 6.42 Å². The van der Waals surface area contributed by atoms with Gasteiger partial charge in [0.15, 0.2) is 6.10 Å². The molecular weight excluding hydrogens is 348 g/mol. The van der Waals surface area contributed by atoms with E-state index in [0.717, 1.165) is 19.3 Å². The summed E-state index contributed by atoms with van der Waals surface area (Å²) in [6.07, 6.45) is 11.0. The van der Waals surface area contributed by atoms with Gasteiger partial charge in [0.1, 0.15) is 18.3 Å². The molecule has 0 unspecified atom stereocenters. The van der Waals surface area contributed by atoms with Crippen LogP contribution in [0.15, 0.2) is 0 Å². The van der Waals surface area contributed by atoms with Gasteiger partial charge in [-0.15, -0.1) is 0 Å². The molecule has 0 spiro atoms. The molecule has 0 aromatic heterocycles. The maximum absolute atomic E-state index is 11.9. The average molecular weight is 389 g/mol. The van der Waals surface area contributed by atoms with Gasteiger partial charge in [-0.2, -0.15) is 0 Å². The van der Waals surface area contributed by atoms with Gasteiger partial charge in [-0.1, -0.05) is 77.6 Å². The molecule has 0 amide bonds. The number of aliphatic hydroxyl groups is 3. The number of ether oxygens (including phenoxy) is 2. The van der Waals surface area contributed by atoms with Crippen LogP contribution >= 0.6 is 0 Å². The summed E-state index contributed by atoms with van der Waals surface area (Å²) in [5.41, 5.74) is 0. The first-order valence-electron chi connectivity index (χ1n) is 10.9. The van der Waals surface area contributed by atoms with Gasteiger partial charge >= 0.3 is 5.97 Å². The molecule has 1 aliphatic heterocycles. The zero-order chi connectivity index (χ0) is 19.9. The van der Waals surface area contributed by atoms with Gasteiger partial charge in [-0.25, -0.2) is 0 Å². The van der Waals surface area contributed by atoms with Crippen molar-refractivity contribution >= 4 is 5.97 Å². The number of carbonyl (C=O) groups excluding carboxylic acids is 1. The molecule has 1 heterocycles. The maximum atomic E-state index is 11.9. The second-order valence-corrected chi connectivity index (χ2v) is 7.70. The molecule has 6 heteroatoms. The largest absolute Gasteiger partial charge is 0.457 e. The van der Waals surface area contributed by atoms with Crippen LogP contribution in [-0.2, 0) is 14.3 Å². The van der Waals surface area contributed by atoms with Crippen molar-refractivity contribution < 1.29 is 29.6 Å². The number of unbranched alkanes of at least 4 members (excludes halogenated alkanes) is 11. The van der Waals surface area contributed by atoms with Gasteiger partial charge in [0.25, 0.3) is 0 Å². The lowest BCUT2D eigenvalue weighted by atomic mass is 10.0. The number of hydrogen-bond acceptors (Lipinski definition) is 6. The molecule has 0 radical (unpaired) electrons. The van der Waals surface area contributed by atoms with Crippen LogP contribution < -0.4 is 0 Å². The molecule has 0 aromatic rings. The monoisotopic (exact) mass is 388 g/mol. The van der Waals surface area contributed by atoms with Crippen molar-refractivity contribution in [1.82, 2.24) is 0 Å². The summed E-state index contributed by atoms with van der Waals surface area (Å²) in [4.78, 5) is 11.9. The predicted molar refractivity (Wildman–Crippen MR) is 104 cm³/mol. The lowest BCUT2D eigenvalue weighted by Gasteiger charge is -2.36. The van der Waals surface area contributed by atoms with Crippen molar-refractivity contribution in [3.8, 4) is 0 Å². The summed E-state index contributed by atoms with van der Waals surface area (Å²) in [7, 11) is 0. The van der Waals surface area contributed by atoms with E-state index in [1.165, 1.54) is 57.8 Å². The Morgan fingerprint density at radius 3 is 1.93 bits per heavy atom. The first-order chi connectivity index (χ1) is 13.1. The summed E-state index contributed by atoms with van der Waals surface area (Å²) in [6, 6.07) is 0. The standard InChI is InChI=1S/C21H40O6/c1-2-3-4-5-6-7-8-9-10-11-12-13-14-19(23)27-18-16-26-17(15-22)20(24)21(18)25/h17-18,20-22,24-25H,2-16H2,1H3/t17-,18-,20-,21-/m1/s1. The molecule has 1 rings (SSSR count). The van der Waals surface area contributed by atoms with Crippen LogP contribution in [0, 0.1) is 0 Å². The molecular formula is C21H40O6. The van der Waals surface area contributed by atoms with Gasteiger partial charge in [0, 0.05) is 6.42 Å². The van der Waals surface area contributed by atoms with E-state index in [1.807, 2.05) is 0 Å². The third kappa shape index (κ3) is 10.4. The highest BCUT2D eigenvalue weighted by Crippen LogP contribution is 2.19. The van der Waals surface area contributed by atoms with E-state index in [1.54, 1.807) is 0 Å². The highest BCUT2D eigenvalue weighted by molar-refractivity contribution is 5.69. The second kappa shape index (κ2) is 15.3. The van der Waals surface area contributed by atoms with Crippen LogP contribution in [0.4, 0.5) is 0 Å². The average Bonchev–Trinajstić information content (AvgIpc) is 2.66. The molecule has 0 aromatic carbocycles. The normalized spacial score (nSPS) is 25.5. The van der Waals surface area contributed by atoms with Crippen LogP contribution in [0.2, 0.25) is 0 Å². The van der Waals surface area contributed by atoms with Crippen molar-refractivity contribution in [2.45, 2.75) is 115 Å². The fourth-order valence-corrected chi connectivity index (χ4v) is 3.46. The topological polar surface area (TPSA) is 96.2 Å². The molecule has 160 valence electrons. The van der Waals surface area contributed by atoms with E-state index in [9.17, 15) is 15.0 Å². The van der Waals surface area contributed by atoms with Crippen molar-refractivity contribution in [2.24, 2.45) is 0 Å². The summed E-state index contributed by atoms with van der Waals surface area (Å²) in [6.45, 7) is 1.86. The quantitative estimate of drug-likeness (QED) is 0.295. The van der Waals surface area contributed by atoms with Crippen LogP contribution in [0.3, 0.4) is 0 Å². The fourth-order valence-electron chi connectivity index (χ4n) is 3.46. The molecule has 1 fully saturated rings. The molecule has 0 saturated carbocycles. The zero-order valence-corrected chi connectivity index (χ0v) is 17.0. The Balaban J connectivity index is 1.96. The molecule has 0 bridgehead atoms. The number of aliphatic hydroxyl groups excluding tert-OH is 3. The second-order valence-electron chi connectivity index (χ2n) is 7.70. The van der Waals surface area contributed by atoms with Crippen molar-refractivity contribution in [3.63, 3.8) is 0 Å². The smallest absolute Gasteiger partial charge is 0.306 e. The highest BCUT2D eigenvalue weighted by Gasteiger charge is 2.40. The molecule has 1 aliphatic rings. The molecule has 6 nitrogen and oxygen atoms in total. The van der Waals surface area contributed by atoms with Gasteiger partial charge in [-0.05, 0) is 6.42 Å². The Morgan fingerprint density at radius 1 is 0.889 bits per heavy atom. The van der Waals surface area contributed by atoms with E-state index in [2.05, 4.69) is 6.92 Å². The van der Waals surface area contributed by atoms with Crippen molar-refractivity contribution in [3.05, 3.63) is 0 Å². The highest BCUT2D eigenvalue weighted by atomic mass is 16.6. The van der Waals surface area contributed by atoms with E-state index < -0.39 is 24.4 Å². The van der Waals surface area contributed by atoms with Gasteiger partial charge < -0.3 is 24.8 Å². The molecule has 27 heavy (non-hydrogen) atoms. The zero-order valence-electron chi connectivity index (χ0n) is 17.0. The number of hydrogen-bond donors (Lipinski definition) is 3. The van der Waals surface area contributed by atoms with E-state index >= 15 is 0 Å². The molecule has 4 atom stereocenters. The first kappa shape index (κ1) is 24.3. The minimum atomic E-state index is -1.24. The minimum Gasteiger partial charge on any atom is -0.457 e. The minimum absolute atomic E-state index is 0.00631. The molecule has 3 N–H and O–H groups in total. The van der Waals surface area contributed by atoms with E-state index in [4.69, 9.17) is 14.6 Å². The number of esters is 1. The Morgan fingerprint density at radius 2 is 1.41 bits per heavy atom.